The van der Waals surface area contributed by atoms with E-state index in [-0.39, 0.29) is 0 Å². The van der Waals surface area contributed by atoms with Gasteiger partial charge in [-0.3, -0.25) is 4.79 Å². The molecule has 2 aromatic rings. The van der Waals surface area contributed by atoms with E-state index in [1.54, 1.807) is 12.1 Å². The highest BCUT2D eigenvalue weighted by molar-refractivity contribution is 5.93. The number of hydrogen-bond acceptors (Lipinski definition) is 3. The lowest BCUT2D eigenvalue weighted by Crippen LogP contribution is -2.37. The Kier molecular flexibility index (Phi) is 6.17. The van der Waals surface area contributed by atoms with Crippen molar-refractivity contribution in [3.63, 3.8) is 0 Å². The SMILES string of the molecule is CC1(C)CCC(NCCOc2cccc(-c3ccc(C(N)=O)cc3)c2)CC1. The number of amides is 1. The van der Waals surface area contributed by atoms with Crippen LogP contribution in [0, 0.1) is 5.41 Å². The summed E-state index contributed by atoms with van der Waals surface area (Å²) in [7, 11) is 0. The normalized spacial score (nSPS) is 16.8. The summed E-state index contributed by atoms with van der Waals surface area (Å²) in [6, 6.07) is 16.0. The van der Waals surface area contributed by atoms with E-state index in [4.69, 9.17) is 10.5 Å². The molecule has 0 unspecified atom stereocenters. The fraction of sp³-hybridized carbons (Fsp3) is 0.435. The third-order valence-corrected chi connectivity index (χ3v) is 5.48. The van der Waals surface area contributed by atoms with E-state index in [1.807, 2.05) is 36.4 Å². The maximum absolute atomic E-state index is 11.2. The lowest BCUT2D eigenvalue weighted by Gasteiger charge is -2.34. The van der Waals surface area contributed by atoms with Crippen LogP contribution in [0.15, 0.2) is 48.5 Å². The number of hydrogen-bond donors (Lipinski definition) is 2. The molecule has 1 saturated carbocycles. The van der Waals surface area contributed by atoms with Crippen LogP contribution < -0.4 is 15.8 Å². The molecule has 3 rings (SSSR count). The molecule has 0 spiro atoms. The number of ether oxygens (including phenoxy) is 1. The summed E-state index contributed by atoms with van der Waals surface area (Å²) in [4.78, 5) is 11.2. The first-order valence-electron chi connectivity index (χ1n) is 9.79. The minimum Gasteiger partial charge on any atom is -0.492 e. The smallest absolute Gasteiger partial charge is 0.248 e. The Morgan fingerprint density at radius 2 is 1.81 bits per heavy atom. The molecule has 1 fully saturated rings. The molecule has 0 radical (unpaired) electrons. The molecule has 4 heteroatoms. The first-order valence-corrected chi connectivity index (χ1v) is 9.79. The van der Waals surface area contributed by atoms with Gasteiger partial charge in [-0.25, -0.2) is 0 Å². The van der Waals surface area contributed by atoms with Gasteiger partial charge in [-0.05, 0) is 66.5 Å². The average molecular weight is 367 g/mol. The predicted molar refractivity (Wildman–Crippen MR) is 110 cm³/mol. The summed E-state index contributed by atoms with van der Waals surface area (Å²) in [5.74, 6) is 0.450. The van der Waals surface area contributed by atoms with Crippen LogP contribution in [0.25, 0.3) is 11.1 Å². The zero-order chi connectivity index (χ0) is 19.3. The van der Waals surface area contributed by atoms with Crippen molar-refractivity contribution >= 4 is 5.91 Å². The first-order chi connectivity index (χ1) is 12.9. The van der Waals surface area contributed by atoms with Gasteiger partial charge in [0.1, 0.15) is 12.4 Å². The lowest BCUT2D eigenvalue weighted by molar-refractivity contribution is 0.100. The van der Waals surface area contributed by atoms with E-state index in [1.165, 1.54) is 25.7 Å². The first kappa shape index (κ1) is 19.4. The number of primary amides is 1. The van der Waals surface area contributed by atoms with Crippen molar-refractivity contribution in [2.75, 3.05) is 13.2 Å². The van der Waals surface area contributed by atoms with Crippen molar-refractivity contribution in [3.05, 3.63) is 54.1 Å². The summed E-state index contributed by atoms with van der Waals surface area (Å²) in [5.41, 5.74) is 8.42. The van der Waals surface area contributed by atoms with E-state index < -0.39 is 5.91 Å². The molecule has 0 bridgehead atoms. The Labute approximate surface area is 162 Å². The molecular formula is C23H30N2O2. The van der Waals surface area contributed by atoms with Gasteiger partial charge in [0.2, 0.25) is 5.91 Å². The molecule has 0 aliphatic heterocycles. The predicted octanol–water partition coefficient (Wildman–Crippen LogP) is 4.39. The third-order valence-electron chi connectivity index (χ3n) is 5.48. The molecule has 2 aromatic carbocycles. The molecule has 1 aliphatic carbocycles. The third kappa shape index (κ3) is 5.57. The monoisotopic (exact) mass is 366 g/mol. The highest BCUT2D eigenvalue weighted by Crippen LogP contribution is 2.34. The molecule has 4 nitrogen and oxygen atoms in total. The highest BCUT2D eigenvalue weighted by atomic mass is 16.5. The van der Waals surface area contributed by atoms with Crippen LogP contribution in [0.4, 0.5) is 0 Å². The Hall–Kier alpha value is -2.33. The molecule has 0 heterocycles. The summed E-state index contributed by atoms with van der Waals surface area (Å²) >= 11 is 0. The van der Waals surface area contributed by atoms with E-state index in [2.05, 4.69) is 19.2 Å². The van der Waals surface area contributed by atoms with Crippen LogP contribution in [0.1, 0.15) is 49.9 Å². The Balaban J connectivity index is 1.49. The standard InChI is InChI=1S/C23H30N2O2/c1-23(2)12-10-20(11-13-23)25-14-15-27-21-5-3-4-19(16-21)17-6-8-18(9-7-17)22(24)26/h3-9,16,20,25H,10-15H2,1-2H3,(H2,24,26). The molecule has 144 valence electrons. The fourth-order valence-electron chi connectivity index (χ4n) is 3.63. The van der Waals surface area contributed by atoms with Gasteiger partial charge >= 0.3 is 0 Å². The van der Waals surface area contributed by atoms with Crippen LogP contribution in [0.5, 0.6) is 5.75 Å². The minimum absolute atomic E-state index is 0.410. The van der Waals surface area contributed by atoms with Gasteiger partial charge in [-0.1, -0.05) is 38.1 Å². The van der Waals surface area contributed by atoms with Gasteiger partial charge in [0.25, 0.3) is 0 Å². The van der Waals surface area contributed by atoms with E-state index in [0.717, 1.165) is 23.4 Å². The quantitative estimate of drug-likeness (QED) is 0.714. The van der Waals surface area contributed by atoms with Crippen LogP contribution in [-0.4, -0.2) is 25.1 Å². The molecule has 1 amide bonds. The molecule has 0 saturated heterocycles. The number of carbonyl (C=O) groups excluding carboxylic acids is 1. The summed E-state index contributed by atoms with van der Waals surface area (Å²) in [5, 5.41) is 3.62. The zero-order valence-electron chi connectivity index (χ0n) is 16.3. The zero-order valence-corrected chi connectivity index (χ0v) is 16.3. The second kappa shape index (κ2) is 8.57. The van der Waals surface area contributed by atoms with Crippen molar-refractivity contribution in [1.29, 1.82) is 0 Å². The van der Waals surface area contributed by atoms with Crippen molar-refractivity contribution in [1.82, 2.24) is 5.32 Å². The number of nitrogens with one attached hydrogen (secondary N) is 1. The maximum atomic E-state index is 11.2. The van der Waals surface area contributed by atoms with Gasteiger partial charge in [-0.15, -0.1) is 0 Å². The van der Waals surface area contributed by atoms with Crippen molar-refractivity contribution in [3.8, 4) is 16.9 Å². The van der Waals surface area contributed by atoms with Gasteiger partial charge in [-0.2, -0.15) is 0 Å². The summed E-state index contributed by atoms with van der Waals surface area (Å²) in [6.45, 7) is 6.24. The molecule has 0 atom stereocenters. The Morgan fingerprint density at radius 3 is 2.48 bits per heavy atom. The number of nitrogens with two attached hydrogens (primary N) is 1. The minimum atomic E-state index is -0.410. The molecule has 1 aliphatic rings. The van der Waals surface area contributed by atoms with Crippen LogP contribution >= 0.6 is 0 Å². The van der Waals surface area contributed by atoms with Gasteiger partial charge in [0, 0.05) is 18.2 Å². The van der Waals surface area contributed by atoms with Crippen LogP contribution in [0.2, 0.25) is 0 Å². The second-order valence-electron chi connectivity index (χ2n) is 8.21. The van der Waals surface area contributed by atoms with Crippen molar-refractivity contribution in [2.24, 2.45) is 11.1 Å². The second-order valence-corrected chi connectivity index (χ2v) is 8.21. The molecule has 3 N–H and O–H groups in total. The topological polar surface area (TPSA) is 64.3 Å². The molecule has 0 aromatic heterocycles. The number of benzene rings is 2. The maximum Gasteiger partial charge on any atom is 0.248 e. The average Bonchev–Trinajstić information content (AvgIpc) is 2.67. The number of carbonyl (C=O) groups is 1. The molecular weight excluding hydrogens is 336 g/mol. The lowest BCUT2D eigenvalue weighted by atomic mass is 9.75. The van der Waals surface area contributed by atoms with Crippen LogP contribution in [-0.2, 0) is 0 Å². The summed E-state index contributed by atoms with van der Waals surface area (Å²) in [6.07, 6.45) is 5.10. The van der Waals surface area contributed by atoms with E-state index in [9.17, 15) is 4.79 Å². The van der Waals surface area contributed by atoms with Crippen molar-refractivity contribution < 1.29 is 9.53 Å². The largest absolute Gasteiger partial charge is 0.492 e. The van der Waals surface area contributed by atoms with Gasteiger partial charge in [0.05, 0.1) is 0 Å². The molecule has 27 heavy (non-hydrogen) atoms. The summed E-state index contributed by atoms with van der Waals surface area (Å²) < 4.78 is 5.93. The fourth-order valence-corrected chi connectivity index (χ4v) is 3.63. The van der Waals surface area contributed by atoms with E-state index >= 15 is 0 Å². The van der Waals surface area contributed by atoms with Crippen LogP contribution in [0.3, 0.4) is 0 Å². The van der Waals surface area contributed by atoms with Gasteiger partial charge in [0.15, 0.2) is 0 Å². The Morgan fingerprint density at radius 1 is 1.11 bits per heavy atom. The van der Waals surface area contributed by atoms with Gasteiger partial charge < -0.3 is 15.8 Å². The highest BCUT2D eigenvalue weighted by Gasteiger charge is 2.26. The van der Waals surface area contributed by atoms with E-state index in [0.29, 0.717) is 23.6 Å². The number of rotatable bonds is 7. The Bertz CT molecular complexity index is 758. The van der Waals surface area contributed by atoms with Crippen molar-refractivity contribution in [2.45, 2.75) is 45.6 Å².